The van der Waals surface area contributed by atoms with Crippen LogP contribution in [0.1, 0.15) is 0 Å². The first-order valence-corrected chi connectivity index (χ1v) is 11.6. The minimum atomic E-state index is -0.624. The van der Waals surface area contributed by atoms with Gasteiger partial charge >= 0.3 is 11.7 Å². The number of nitro groups is 1. The van der Waals surface area contributed by atoms with E-state index in [-0.39, 0.29) is 42.4 Å². The molecule has 0 atom stereocenters. The van der Waals surface area contributed by atoms with Crippen LogP contribution >= 0.6 is 11.3 Å². The summed E-state index contributed by atoms with van der Waals surface area (Å²) in [6.45, 7) is -0.0966. The molecule has 0 spiro atoms. The third-order valence-corrected chi connectivity index (χ3v) is 6.40. The number of thiazole rings is 1. The number of ether oxygens (including phenoxy) is 2. The molecule has 1 aliphatic heterocycles. The monoisotopic (exact) mass is 510 g/mol. The Morgan fingerprint density at radius 1 is 1.25 bits per heavy atom. The molecule has 12 heteroatoms. The van der Waals surface area contributed by atoms with E-state index in [1.165, 1.54) is 42.6 Å². The molecule has 0 unspecified atom stereocenters. The van der Waals surface area contributed by atoms with Crippen LogP contribution in [0.4, 0.5) is 11.4 Å². The Balaban J connectivity index is 1.61. The topological polar surface area (TPSA) is 144 Å². The number of aromatic nitrogens is 1. The van der Waals surface area contributed by atoms with Gasteiger partial charge in [-0.05, 0) is 24.3 Å². The number of anilines is 1. The van der Waals surface area contributed by atoms with Gasteiger partial charge in [0.15, 0.2) is 5.75 Å². The third kappa shape index (κ3) is 4.90. The van der Waals surface area contributed by atoms with Gasteiger partial charge in [0, 0.05) is 34.8 Å². The number of rotatable bonds is 9. The Bertz CT molecular complexity index is 1370. The summed E-state index contributed by atoms with van der Waals surface area (Å²) in [5.74, 6) is -0.870. The summed E-state index contributed by atoms with van der Waals surface area (Å²) in [4.78, 5) is 41.9. The van der Waals surface area contributed by atoms with Gasteiger partial charge in [0.05, 0.1) is 43.6 Å². The normalized spacial score (nSPS) is 13.2. The van der Waals surface area contributed by atoms with E-state index in [0.29, 0.717) is 22.0 Å². The van der Waals surface area contributed by atoms with Crippen molar-refractivity contribution in [1.82, 2.24) is 9.88 Å². The molecule has 2 heterocycles. The number of hydrogen-bond acceptors (Lipinski definition) is 10. The first kappa shape index (κ1) is 24.8. The Hall–Kier alpha value is -4.29. The zero-order chi connectivity index (χ0) is 25.8. The molecular weight excluding hydrogens is 488 g/mol. The van der Waals surface area contributed by atoms with Crippen molar-refractivity contribution < 1.29 is 29.1 Å². The van der Waals surface area contributed by atoms with Crippen molar-refractivity contribution in [3.05, 3.63) is 69.2 Å². The van der Waals surface area contributed by atoms with Crippen LogP contribution in [0.15, 0.2) is 59.1 Å². The molecule has 0 radical (unpaired) electrons. The number of esters is 1. The van der Waals surface area contributed by atoms with Crippen LogP contribution in [0.5, 0.6) is 5.75 Å². The number of nitrogens with one attached hydrogen (secondary N) is 1. The van der Waals surface area contributed by atoms with Gasteiger partial charge in [-0.25, -0.2) is 9.78 Å². The predicted octanol–water partition coefficient (Wildman–Crippen LogP) is 3.07. The lowest BCUT2D eigenvalue weighted by atomic mass is 10.1. The molecule has 3 aromatic rings. The van der Waals surface area contributed by atoms with E-state index in [1.54, 1.807) is 29.6 Å². The van der Waals surface area contributed by atoms with Crippen LogP contribution in [0.3, 0.4) is 0 Å². The molecule has 2 N–H and O–H groups in total. The highest BCUT2D eigenvalue weighted by Crippen LogP contribution is 2.35. The number of nitrogens with zero attached hydrogens (tertiary/aromatic N) is 3. The van der Waals surface area contributed by atoms with Gasteiger partial charge in [0.2, 0.25) is 0 Å². The van der Waals surface area contributed by atoms with Crippen molar-refractivity contribution >= 4 is 34.6 Å². The second-order valence-corrected chi connectivity index (χ2v) is 8.54. The summed E-state index contributed by atoms with van der Waals surface area (Å²) in [5, 5.41) is 26.1. The average molecular weight is 511 g/mol. The summed E-state index contributed by atoms with van der Waals surface area (Å²) >= 11 is 1.36. The van der Waals surface area contributed by atoms with Crippen molar-refractivity contribution in [2.75, 3.05) is 39.2 Å². The molecule has 1 aliphatic rings. The Morgan fingerprint density at radius 2 is 2.06 bits per heavy atom. The van der Waals surface area contributed by atoms with Gasteiger partial charge in [0.25, 0.3) is 5.91 Å². The summed E-state index contributed by atoms with van der Waals surface area (Å²) in [7, 11) is 2.61. The van der Waals surface area contributed by atoms with Gasteiger partial charge < -0.3 is 24.8 Å². The summed E-state index contributed by atoms with van der Waals surface area (Å²) in [6.07, 6.45) is 0. The number of aliphatic hydroxyl groups excluding tert-OH is 1. The van der Waals surface area contributed by atoms with Crippen LogP contribution in [-0.4, -0.2) is 65.7 Å². The molecular formula is C24H22N4O7S. The summed E-state index contributed by atoms with van der Waals surface area (Å²) in [5.41, 5.74) is 2.57. The Morgan fingerprint density at radius 3 is 2.75 bits per heavy atom. The van der Waals surface area contributed by atoms with Crippen LogP contribution < -0.4 is 10.1 Å². The maximum absolute atomic E-state index is 12.8. The van der Waals surface area contributed by atoms with Crippen molar-refractivity contribution in [2.24, 2.45) is 0 Å². The smallest absolute Gasteiger partial charge is 0.337 e. The fourth-order valence-electron chi connectivity index (χ4n) is 3.75. The van der Waals surface area contributed by atoms with Gasteiger partial charge in [-0.1, -0.05) is 12.1 Å². The number of aliphatic hydroxyl groups is 1. The fraction of sp³-hybridized carbons (Fsp3) is 0.208. The number of methoxy groups -OCH3 is 2. The van der Waals surface area contributed by atoms with E-state index < -0.39 is 16.8 Å². The maximum Gasteiger partial charge on any atom is 0.337 e. The zero-order valence-corrected chi connectivity index (χ0v) is 20.2. The second kappa shape index (κ2) is 10.5. The second-order valence-electron chi connectivity index (χ2n) is 7.68. The standard InChI is InChI=1S/C24H22N4O7S/c1-34-20-7-6-14(11-19(20)28(32)33)18-13-36-22(26-18)15-4-3-5-16(10-15)25-21-17(24(31)35-2)12-27(8-9-29)23(21)30/h3-7,10-11,13,25,29H,8-9,12H2,1-2H3. The molecule has 2 aromatic carbocycles. The summed E-state index contributed by atoms with van der Waals surface area (Å²) in [6, 6.07) is 11.8. The first-order valence-electron chi connectivity index (χ1n) is 10.7. The number of β-amino-alcohol motifs (C(OH)–C–C–N with tert-alkyl or cyclic N) is 1. The van der Waals surface area contributed by atoms with E-state index in [1.807, 2.05) is 6.07 Å². The zero-order valence-electron chi connectivity index (χ0n) is 19.4. The number of nitro benzene ring substituents is 1. The molecule has 1 amide bonds. The summed E-state index contributed by atoms with van der Waals surface area (Å²) < 4.78 is 9.87. The lowest BCUT2D eigenvalue weighted by Crippen LogP contribution is -2.31. The Kier molecular flexibility index (Phi) is 7.27. The molecule has 186 valence electrons. The van der Waals surface area contributed by atoms with E-state index in [4.69, 9.17) is 9.47 Å². The predicted molar refractivity (Wildman–Crippen MR) is 133 cm³/mol. The average Bonchev–Trinajstić information content (AvgIpc) is 3.50. The Labute approximate surface area is 209 Å². The quantitative estimate of drug-likeness (QED) is 0.252. The molecule has 0 saturated heterocycles. The third-order valence-electron chi connectivity index (χ3n) is 5.51. The van der Waals surface area contributed by atoms with Crippen molar-refractivity contribution in [1.29, 1.82) is 0 Å². The molecule has 11 nitrogen and oxygen atoms in total. The van der Waals surface area contributed by atoms with Gasteiger partial charge in [-0.3, -0.25) is 14.9 Å². The van der Waals surface area contributed by atoms with Gasteiger partial charge in [-0.15, -0.1) is 11.3 Å². The molecule has 1 aromatic heterocycles. The highest BCUT2D eigenvalue weighted by atomic mass is 32.1. The first-order chi connectivity index (χ1) is 17.4. The van der Waals surface area contributed by atoms with Gasteiger partial charge in [-0.2, -0.15) is 0 Å². The van der Waals surface area contributed by atoms with Crippen LogP contribution in [0.25, 0.3) is 21.8 Å². The van der Waals surface area contributed by atoms with Crippen molar-refractivity contribution in [3.8, 4) is 27.6 Å². The van der Waals surface area contributed by atoms with E-state index in [0.717, 1.165) is 5.56 Å². The highest BCUT2D eigenvalue weighted by molar-refractivity contribution is 7.13. The number of carbonyl (C=O) groups excluding carboxylic acids is 2. The molecule has 0 fully saturated rings. The molecule has 0 saturated carbocycles. The number of carbonyl (C=O) groups is 2. The lowest BCUT2D eigenvalue weighted by molar-refractivity contribution is -0.385. The molecule has 36 heavy (non-hydrogen) atoms. The highest BCUT2D eigenvalue weighted by Gasteiger charge is 2.34. The van der Waals surface area contributed by atoms with Crippen molar-refractivity contribution in [3.63, 3.8) is 0 Å². The minimum Gasteiger partial charge on any atom is -0.490 e. The minimum absolute atomic E-state index is 0.0396. The van der Waals surface area contributed by atoms with Crippen LogP contribution in [-0.2, 0) is 14.3 Å². The van der Waals surface area contributed by atoms with E-state index in [2.05, 4.69) is 10.3 Å². The van der Waals surface area contributed by atoms with E-state index >= 15 is 0 Å². The maximum atomic E-state index is 12.8. The molecule has 4 rings (SSSR count). The number of hydrogen-bond donors (Lipinski definition) is 2. The fourth-order valence-corrected chi connectivity index (χ4v) is 4.58. The molecule has 0 aliphatic carbocycles. The van der Waals surface area contributed by atoms with Crippen molar-refractivity contribution in [2.45, 2.75) is 0 Å². The lowest BCUT2D eigenvalue weighted by Gasteiger charge is -2.15. The van der Waals surface area contributed by atoms with Crippen LogP contribution in [0.2, 0.25) is 0 Å². The SMILES string of the molecule is COC(=O)C1=C(Nc2cccc(-c3nc(-c4ccc(OC)c([N+](=O)[O-])c4)cs3)c2)C(=O)N(CCO)C1. The molecule has 0 bridgehead atoms. The van der Waals surface area contributed by atoms with Crippen LogP contribution in [0, 0.1) is 10.1 Å². The number of amides is 1. The largest absolute Gasteiger partial charge is 0.490 e. The van der Waals surface area contributed by atoms with Gasteiger partial charge in [0.1, 0.15) is 10.7 Å². The number of benzene rings is 2. The van der Waals surface area contributed by atoms with E-state index in [9.17, 15) is 24.8 Å².